The van der Waals surface area contributed by atoms with Crippen LogP contribution in [0.5, 0.6) is 0 Å². The standard InChI is InChI=1S/C18H22N4O2/c1-18(2,24-17(23)22-9-5-3-4-6-10-22)11-14-7-8-15-16(21-14)12-19-13-20-15/h3-4,7-8,12-13H,5-6,9-11H2,1-2H3. The van der Waals surface area contributed by atoms with Crippen LogP contribution >= 0.6 is 0 Å². The Balaban J connectivity index is 1.66. The summed E-state index contributed by atoms with van der Waals surface area (Å²) in [4.78, 5) is 26.9. The third-order valence-electron chi connectivity index (χ3n) is 3.95. The summed E-state index contributed by atoms with van der Waals surface area (Å²) in [6.45, 7) is 5.23. The molecule has 0 aliphatic carbocycles. The van der Waals surface area contributed by atoms with Gasteiger partial charge in [0, 0.05) is 25.2 Å². The third-order valence-corrected chi connectivity index (χ3v) is 3.95. The van der Waals surface area contributed by atoms with Crippen LogP contribution in [0.2, 0.25) is 0 Å². The molecular weight excluding hydrogens is 304 g/mol. The van der Waals surface area contributed by atoms with Gasteiger partial charge < -0.3 is 9.64 Å². The monoisotopic (exact) mass is 326 g/mol. The summed E-state index contributed by atoms with van der Waals surface area (Å²) >= 11 is 0. The number of fused-ring (bicyclic) bond motifs is 1. The number of nitrogens with zero attached hydrogens (tertiary/aromatic N) is 4. The van der Waals surface area contributed by atoms with E-state index in [1.165, 1.54) is 6.33 Å². The van der Waals surface area contributed by atoms with Crippen LogP contribution in [0.25, 0.3) is 11.0 Å². The molecule has 6 nitrogen and oxygen atoms in total. The van der Waals surface area contributed by atoms with E-state index in [9.17, 15) is 4.79 Å². The number of carbonyl (C=O) groups is 1. The van der Waals surface area contributed by atoms with E-state index in [4.69, 9.17) is 4.74 Å². The predicted octanol–water partition coefficient (Wildman–Crippen LogP) is 3.13. The summed E-state index contributed by atoms with van der Waals surface area (Å²) in [6.07, 6.45) is 9.45. The molecule has 0 aromatic carbocycles. The van der Waals surface area contributed by atoms with Crippen molar-refractivity contribution in [2.75, 3.05) is 13.1 Å². The second-order valence-corrected chi connectivity index (χ2v) is 6.57. The quantitative estimate of drug-likeness (QED) is 0.811. The number of rotatable bonds is 3. The molecule has 2 aromatic rings. The van der Waals surface area contributed by atoms with Gasteiger partial charge in [-0.1, -0.05) is 12.2 Å². The molecule has 0 radical (unpaired) electrons. The van der Waals surface area contributed by atoms with Crippen LogP contribution in [0.3, 0.4) is 0 Å². The minimum Gasteiger partial charge on any atom is -0.443 e. The molecule has 0 saturated carbocycles. The number of aromatic nitrogens is 3. The number of hydrogen-bond acceptors (Lipinski definition) is 5. The first kappa shape index (κ1) is 16.4. The molecule has 0 fully saturated rings. The van der Waals surface area contributed by atoms with E-state index in [2.05, 4.69) is 27.1 Å². The zero-order valence-electron chi connectivity index (χ0n) is 14.1. The molecule has 0 bridgehead atoms. The highest BCUT2D eigenvalue weighted by atomic mass is 16.6. The summed E-state index contributed by atoms with van der Waals surface area (Å²) in [5.41, 5.74) is 1.77. The second-order valence-electron chi connectivity index (χ2n) is 6.57. The molecule has 0 spiro atoms. The van der Waals surface area contributed by atoms with Crippen LogP contribution in [0.15, 0.2) is 36.8 Å². The van der Waals surface area contributed by atoms with Gasteiger partial charge in [-0.15, -0.1) is 0 Å². The van der Waals surface area contributed by atoms with Gasteiger partial charge in [-0.2, -0.15) is 0 Å². The molecule has 0 atom stereocenters. The van der Waals surface area contributed by atoms with Gasteiger partial charge in [0.15, 0.2) is 0 Å². The van der Waals surface area contributed by atoms with Gasteiger partial charge in [0.05, 0.1) is 11.7 Å². The maximum atomic E-state index is 12.4. The molecule has 126 valence electrons. The van der Waals surface area contributed by atoms with Crippen molar-refractivity contribution in [3.63, 3.8) is 0 Å². The van der Waals surface area contributed by atoms with E-state index in [1.807, 2.05) is 26.0 Å². The Labute approximate surface area is 141 Å². The molecule has 6 heteroatoms. The Bertz CT molecular complexity index is 748. The van der Waals surface area contributed by atoms with Crippen LogP contribution in [0.1, 0.15) is 32.4 Å². The zero-order valence-corrected chi connectivity index (χ0v) is 14.1. The van der Waals surface area contributed by atoms with Crippen LogP contribution in [-0.2, 0) is 11.2 Å². The van der Waals surface area contributed by atoms with Gasteiger partial charge in [0.25, 0.3) is 0 Å². The first-order valence-electron chi connectivity index (χ1n) is 8.22. The van der Waals surface area contributed by atoms with Crippen molar-refractivity contribution in [2.45, 2.75) is 38.7 Å². The van der Waals surface area contributed by atoms with Crippen molar-refractivity contribution < 1.29 is 9.53 Å². The summed E-state index contributed by atoms with van der Waals surface area (Å²) in [5, 5.41) is 0. The maximum Gasteiger partial charge on any atom is 0.410 e. The lowest BCUT2D eigenvalue weighted by molar-refractivity contribution is 0.0143. The smallest absolute Gasteiger partial charge is 0.410 e. The molecule has 0 N–H and O–H groups in total. The average molecular weight is 326 g/mol. The lowest BCUT2D eigenvalue weighted by Crippen LogP contribution is -2.39. The van der Waals surface area contributed by atoms with E-state index < -0.39 is 5.60 Å². The fraction of sp³-hybridized carbons (Fsp3) is 0.444. The fourth-order valence-corrected chi connectivity index (χ4v) is 2.78. The van der Waals surface area contributed by atoms with Gasteiger partial charge in [-0.25, -0.2) is 19.7 Å². The van der Waals surface area contributed by atoms with E-state index in [-0.39, 0.29) is 6.09 Å². The predicted molar refractivity (Wildman–Crippen MR) is 91.5 cm³/mol. The second kappa shape index (κ2) is 6.95. The SMILES string of the molecule is CC(C)(Cc1ccc2ncncc2n1)OC(=O)N1CCC=CCC1. The van der Waals surface area contributed by atoms with Crippen molar-refractivity contribution in [1.82, 2.24) is 19.9 Å². The number of amides is 1. The summed E-state index contributed by atoms with van der Waals surface area (Å²) in [7, 11) is 0. The molecule has 1 aliphatic rings. The highest BCUT2D eigenvalue weighted by Gasteiger charge is 2.27. The van der Waals surface area contributed by atoms with E-state index in [0.29, 0.717) is 19.5 Å². The molecule has 3 heterocycles. The molecule has 1 aliphatic heterocycles. The van der Waals surface area contributed by atoms with Gasteiger partial charge in [-0.3, -0.25) is 0 Å². The van der Waals surface area contributed by atoms with Gasteiger partial charge in [-0.05, 0) is 38.8 Å². The molecule has 1 amide bonds. The van der Waals surface area contributed by atoms with Gasteiger partial charge in [0.2, 0.25) is 0 Å². The Morgan fingerprint density at radius 3 is 2.71 bits per heavy atom. The minimum absolute atomic E-state index is 0.257. The highest BCUT2D eigenvalue weighted by molar-refractivity contribution is 5.72. The first-order chi connectivity index (χ1) is 11.5. The number of hydrogen-bond donors (Lipinski definition) is 0. The zero-order chi connectivity index (χ0) is 17.0. The lowest BCUT2D eigenvalue weighted by atomic mass is 10.0. The van der Waals surface area contributed by atoms with Crippen LogP contribution in [0.4, 0.5) is 4.79 Å². The minimum atomic E-state index is -0.632. The molecule has 3 rings (SSSR count). The van der Waals surface area contributed by atoms with Crippen LogP contribution in [0, 0.1) is 0 Å². The number of pyridine rings is 1. The van der Waals surface area contributed by atoms with E-state index >= 15 is 0 Å². The molecule has 24 heavy (non-hydrogen) atoms. The maximum absolute atomic E-state index is 12.4. The van der Waals surface area contributed by atoms with E-state index in [0.717, 1.165) is 29.6 Å². The van der Waals surface area contributed by atoms with Gasteiger partial charge in [0.1, 0.15) is 17.4 Å². The highest BCUT2D eigenvalue weighted by Crippen LogP contribution is 2.19. The topological polar surface area (TPSA) is 68.2 Å². The van der Waals surface area contributed by atoms with Crippen molar-refractivity contribution in [1.29, 1.82) is 0 Å². The fourth-order valence-electron chi connectivity index (χ4n) is 2.78. The molecule has 0 unspecified atom stereocenters. The van der Waals surface area contributed by atoms with Crippen LogP contribution in [-0.4, -0.2) is 44.6 Å². The Morgan fingerprint density at radius 2 is 1.96 bits per heavy atom. The summed E-state index contributed by atoms with van der Waals surface area (Å²) in [5.74, 6) is 0. The lowest BCUT2D eigenvalue weighted by Gasteiger charge is -2.29. The number of carbonyl (C=O) groups excluding carboxylic acids is 1. The van der Waals surface area contributed by atoms with Crippen molar-refractivity contribution in [3.05, 3.63) is 42.5 Å². The number of ether oxygens (including phenoxy) is 1. The molecular formula is C18H22N4O2. The Kier molecular flexibility index (Phi) is 4.74. The Hall–Kier alpha value is -2.50. The van der Waals surface area contributed by atoms with Crippen molar-refractivity contribution in [3.8, 4) is 0 Å². The van der Waals surface area contributed by atoms with Crippen molar-refractivity contribution >= 4 is 17.1 Å². The Morgan fingerprint density at radius 1 is 1.21 bits per heavy atom. The molecule has 0 saturated heterocycles. The van der Waals surface area contributed by atoms with Crippen LogP contribution < -0.4 is 0 Å². The van der Waals surface area contributed by atoms with Crippen molar-refractivity contribution in [2.24, 2.45) is 0 Å². The summed E-state index contributed by atoms with van der Waals surface area (Å²) < 4.78 is 5.74. The molecule has 2 aromatic heterocycles. The average Bonchev–Trinajstić information content (AvgIpc) is 2.83. The normalized spacial score (nSPS) is 15.3. The largest absolute Gasteiger partial charge is 0.443 e. The summed E-state index contributed by atoms with van der Waals surface area (Å²) in [6, 6.07) is 3.83. The first-order valence-corrected chi connectivity index (χ1v) is 8.22. The third kappa shape index (κ3) is 4.07. The van der Waals surface area contributed by atoms with Gasteiger partial charge >= 0.3 is 6.09 Å². The van der Waals surface area contributed by atoms with E-state index in [1.54, 1.807) is 11.1 Å².